The normalized spacial score (nSPS) is 9.91. The highest BCUT2D eigenvalue weighted by molar-refractivity contribution is 5.96. The first-order chi connectivity index (χ1) is 10.6. The molecule has 0 atom stereocenters. The number of nitrogens with zero attached hydrogens (tertiary/aromatic N) is 1. The molecule has 0 aliphatic carbocycles. The summed E-state index contributed by atoms with van der Waals surface area (Å²) in [6.07, 6.45) is 0. The van der Waals surface area contributed by atoms with Crippen LogP contribution in [-0.4, -0.2) is 16.8 Å². The van der Waals surface area contributed by atoms with Gasteiger partial charge in [0.25, 0.3) is 11.8 Å². The molecule has 1 aromatic heterocycles. The smallest absolute Gasteiger partial charge is 0.283 e. The summed E-state index contributed by atoms with van der Waals surface area (Å²) in [6, 6.07) is 12.2. The van der Waals surface area contributed by atoms with E-state index in [4.69, 9.17) is 16.4 Å². The molecule has 2 amide bonds. The van der Waals surface area contributed by atoms with E-state index < -0.39 is 11.8 Å². The molecule has 2 aromatic rings. The summed E-state index contributed by atoms with van der Waals surface area (Å²) in [7, 11) is 0. The second-order valence-electron chi connectivity index (χ2n) is 4.29. The largest absolute Gasteiger partial charge is 0.489 e. The Kier molecular flexibility index (Phi) is 5.02. The maximum atomic E-state index is 11.6. The Hall–Kier alpha value is -2.97. The zero-order chi connectivity index (χ0) is 15.9. The molecular weight excluding hydrogens is 286 g/mol. The summed E-state index contributed by atoms with van der Waals surface area (Å²) in [5.74, 6) is 9.16. The van der Waals surface area contributed by atoms with E-state index in [9.17, 15) is 9.59 Å². The van der Waals surface area contributed by atoms with Gasteiger partial charge < -0.3 is 4.74 Å². The molecule has 0 unspecified atom stereocenters. The number of benzene rings is 1. The lowest BCUT2D eigenvalue weighted by Gasteiger charge is -2.09. The van der Waals surface area contributed by atoms with Crippen LogP contribution in [0.1, 0.15) is 26.5 Å². The fourth-order valence-electron chi connectivity index (χ4n) is 1.71. The van der Waals surface area contributed by atoms with Crippen molar-refractivity contribution in [3.05, 3.63) is 59.4 Å². The van der Waals surface area contributed by atoms with Gasteiger partial charge in [0, 0.05) is 12.1 Å². The lowest BCUT2D eigenvalue weighted by molar-refractivity contribution is 0.0943. The molecule has 1 aromatic carbocycles. The molecule has 6 N–H and O–H groups in total. The number of nitrogen functional groups attached to an aromatic ring is 2. The van der Waals surface area contributed by atoms with E-state index >= 15 is 0 Å². The van der Waals surface area contributed by atoms with Crippen molar-refractivity contribution in [1.29, 1.82) is 0 Å². The minimum Gasteiger partial charge on any atom is -0.489 e. The van der Waals surface area contributed by atoms with Crippen LogP contribution in [0.4, 0.5) is 0 Å². The predicted octanol–water partition coefficient (Wildman–Crippen LogP) is -0.132. The van der Waals surface area contributed by atoms with E-state index in [2.05, 4.69) is 4.98 Å². The van der Waals surface area contributed by atoms with E-state index in [0.717, 1.165) is 5.56 Å². The average Bonchev–Trinajstić information content (AvgIpc) is 2.59. The van der Waals surface area contributed by atoms with Gasteiger partial charge in [0.15, 0.2) is 0 Å². The quantitative estimate of drug-likeness (QED) is 0.345. The van der Waals surface area contributed by atoms with Crippen LogP contribution < -0.4 is 27.3 Å². The van der Waals surface area contributed by atoms with Gasteiger partial charge in [-0.3, -0.25) is 20.4 Å². The van der Waals surface area contributed by atoms with Crippen LogP contribution in [-0.2, 0) is 6.61 Å². The van der Waals surface area contributed by atoms with Gasteiger partial charge in [-0.1, -0.05) is 30.3 Å². The number of carbonyl (C=O) groups is 2. The minimum atomic E-state index is -0.642. The molecule has 0 aliphatic rings. The van der Waals surface area contributed by atoms with Crippen molar-refractivity contribution in [3.63, 3.8) is 0 Å². The first kappa shape index (κ1) is 15.4. The Morgan fingerprint density at radius 1 is 1.00 bits per heavy atom. The van der Waals surface area contributed by atoms with E-state index in [-0.39, 0.29) is 18.0 Å². The molecule has 0 saturated carbocycles. The molecule has 22 heavy (non-hydrogen) atoms. The number of hydrogen-bond acceptors (Lipinski definition) is 6. The summed E-state index contributed by atoms with van der Waals surface area (Å²) in [4.78, 5) is 27.0. The van der Waals surface area contributed by atoms with E-state index in [1.165, 1.54) is 12.1 Å². The van der Waals surface area contributed by atoms with Crippen molar-refractivity contribution < 1.29 is 14.3 Å². The van der Waals surface area contributed by atoms with Crippen molar-refractivity contribution >= 4 is 11.8 Å². The van der Waals surface area contributed by atoms with Crippen LogP contribution in [0.5, 0.6) is 5.75 Å². The van der Waals surface area contributed by atoms with Crippen LogP contribution in [0.25, 0.3) is 0 Å². The number of nitrogens with one attached hydrogen (secondary N) is 2. The Bertz CT molecular complexity index is 641. The number of aromatic nitrogens is 1. The lowest BCUT2D eigenvalue weighted by atomic mass is 10.2. The minimum absolute atomic E-state index is 0.0494. The van der Waals surface area contributed by atoms with Crippen molar-refractivity contribution in [2.45, 2.75) is 6.61 Å². The van der Waals surface area contributed by atoms with Crippen LogP contribution in [0.2, 0.25) is 0 Å². The van der Waals surface area contributed by atoms with Gasteiger partial charge in [-0.2, -0.15) is 0 Å². The summed E-state index contributed by atoms with van der Waals surface area (Å²) in [5.41, 5.74) is 4.73. The van der Waals surface area contributed by atoms with Gasteiger partial charge in [-0.15, -0.1) is 0 Å². The zero-order valence-corrected chi connectivity index (χ0v) is 11.6. The highest BCUT2D eigenvalue weighted by atomic mass is 16.5. The standard InChI is InChI=1S/C14H15N5O3/c15-18-13(20)11-6-10(7-12(17-11)14(21)19-16)22-8-9-4-2-1-3-5-9/h1-7H,8,15-16H2,(H,18,20)(H,19,21). The lowest BCUT2D eigenvalue weighted by Crippen LogP contribution is -2.33. The molecule has 8 nitrogen and oxygen atoms in total. The van der Waals surface area contributed by atoms with Gasteiger partial charge in [0.05, 0.1) is 0 Å². The molecular formula is C14H15N5O3. The number of carbonyl (C=O) groups excluding carboxylic acids is 2. The van der Waals surface area contributed by atoms with Crippen molar-refractivity contribution in [2.24, 2.45) is 11.7 Å². The molecule has 0 saturated heterocycles. The maximum absolute atomic E-state index is 11.6. The van der Waals surface area contributed by atoms with E-state index in [1.54, 1.807) is 0 Å². The highest BCUT2D eigenvalue weighted by Crippen LogP contribution is 2.16. The third-order valence-corrected chi connectivity index (χ3v) is 2.77. The van der Waals surface area contributed by atoms with Gasteiger partial charge in [0.2, 0.25) is 0 Å². The van der Waals surface area contributed by atoms with Crippen molar-refractivity contribution in [3.8, 4) is 5.75 Å². The number of pyridine rings is 1. The number of amides is 2. The fraction of sp³-hybridized carbons (Fsp3) is 0.0714. The number of rotatable bonds is 5. The third-order valence-electron chi connectivity index (χ3n) is 2.77. The van der Waals surface area contributed by atoms with Crippen LogP contribution in [0.3, 0.4) is 0 Å². The number of ether oxygens (including phenoxy) is 1. The van der Waals surface area contributed by atoms with Gasteiger partial charge >= 0.3 is 0 Å². The molecule has 2 rings (SSSR count). The monoisotopic (exact) mass is 301 g/mol. The van der Waals surface area contributed by atoms with Gasteiger partial charge in [-0.25, -0.2) is 16.7 Å². The molecule has 0 spiro atoms. The van der Waals surface area contributed by atoms with Crippen LogP contribution in [0, 0.1) is 0 Å². The predicted molar refractivity (Wildman–Crippen MR) is 78.3 cm³/mol. The Morgan fingerprint density at radius 2 is 1.55 bits per heavy atom. The van der Waals surface area contributed by atoms with E-state index in [1.807, 2.05) is 41.2 Å². The van der Waals surface area contributed by atoms with Crippen molar-refractivity contribution in [2.75, 3.05) is 0 Å². The Morgan fingerprint density at radius 3 is 2.05 bits per heavy atom. The van der Waals surface area contributed by atoms with Gasteiger partial charge in [0.1, 0.15) is 23.7 Å². The molecule has 0 fully saturated rings. The Labute approximate surface area is 126 Å². The Balaban J connectivity index is 2.25. The summed E-state index contributed by atoms with van der Waals surface area (Å²) in [6.45, 7) is 0.276. The number of hydrazine groups is 2. The molecule has 0 bridgehead atoms. The SMILES string of the molecule is NNC(=O)c1cc(OCc2ccccc2)cc(C(=O)NN)n1. The van der Waals surface area contributed by atoms with Crippen LogP contribution in [0.15, 0.2) is 42.5 Å². The topological polar surface area (TPSA) is 132 Å². The van der Waals surface area contributed by atoms with E-state index in [0.29, 0.717) is 5.75 Å². The number of hydrogen-bond donors (Lipinski definition) is 4. The third kappa shape index (κ3) is 3.78. The maximum Gasteiger partial charge on any atom is 0.283 e. The second-order valence-corrected chi connectivity index (χ2v) is 4.29. The number of nitrogens with two attached hydrogens (primary N) is 2. The first-order valence-corrected chi connectivity index (χ1v) is 6.34. The molecule has 1 heterocycles. The van der Waals surface area contributed by atoms with Gasteiger partial charge in [-0.05, 0) is 5.56 Å². The molecule has 114 valence electrons. The molecule has 0 aliphatic heterocycles. The molecule has 8 heteroatoms. The zero-order valence-electron chi connectivity index (χ0n) is 11.6. The summed E-state index contributed by atoms with van der Waals surface area (Å²) >= 11 is 0. The fourth-order valence-corrected chi connectivity index (χ4v) is 1.71. The summed E-state index contributed by atoms with van der Waals surface area (Å²) in [5, 5.41) is 0. The van der Waals surface area contributed by atoms with Crippen molar-refractivity contribution in [1.82, 2.24) is 15.8 Å². The average molecular weight is 301 g/mol. The highest BCUT2D eigenvalue weighted by Gasteiger charge is 2.14. The van der Waals surface area contributed by atoms with Crippen LogP contribution >= 0.6 is 0 Å². The summed E-state index contributed by atoms with van der Waals surface area (Å²) < 4.78 is 5.58. The molecule has 0 radical (unpaired) electrons. The first-order valence-electron chi connectivity index (χ1n) is 6.34. The second kappa shape index (κ2) is 7.16.